The number of hydrogen-bond acceptors (Lipinski definition) is 4. The summed E-state index contributed by atoms with van der Waals surface area (Å²) in [6.07, 6.45) is 3.82. The van der Waals surface area contributed by atoms with E-state index in [0.29, 0.717) is 0 Å². The highest BCUT2D eigenvalue weighted by Crippen LogP contribution is 2.32. The molecule has 0 atom stereocenters. The molecule has 0 aliphatic rings. The molecule has 0 unspecified atom stereocenters. The van der Waals surface area contributed by atoms with Crippen molar-refractivity contribution in [3.8, 4) is 22.6 Å². The Labute approximate surface area is 246 Å². The lowest BCUT2D eigenvalue weighted by Gasteiger charge is -2.10. The third-order valence-corrected chi connectivity index (χ3v) is 7.69. The van der Waals surface area contributed by atoms with Gasteiger partial charge in [-0.25, -0.2) is 0 Å². The van der Waals surface area contributed by atoms with Gasteiger partial charge in [0, 0.05) is 23.6 Å². The van der Waals surface area contributed by atoms with Crippen LogP contribution in [0.5, 0.6) is 11.5 Å². The zero-order valence-electron chi connectivity index (χ0n) is 24.3. The molecule has 6 rings (SSSR count). The number of fused-ring (bicyclic) bond motifs is 2. The third-order valence-electron chi connectivity index (χ3n) is 7.69. The smallest absolute Gasteiger partial charge is 0.128 e. The van der Waals surface area contributed by atoms with Crippen molar-refractivity contribution in [3.63, 3.8) is 0 Å². The molecule has 0 radical (unpaired) electrons. The fourth-order valence-electron chi connectivity index (χ4n) is 5.40. The van der Waals surface area contributed by atoms with Crippen molar-refractivity contribution in [1.82, 2.24) is 0 Å². The summed E-state index contributed by atoms with van der Waals surface area (Å²) in [6, 6.07) is 37.5. The highest BCUT2D eigenvalue weighted by molar-refractivity contribution is 6.04. The maximum absolute atomic E-state index is 5.64. The molecule has 4 heteroatoms. The average Bonchev–Trinajstić information content (AvgIpc) is 3.03. The van der Waals surface area contributed by atoms with E-state index in [9.17, 15) is 0 Å². The minimum absolute atomic E-state index is 0.809. The van der Waals surface area contributed by atoms with Crippen molar-refractivity contribution in [2.45, 2.75) is 13.8 Å². The summed E-state index contributed by atoms with van der Waals surface area (Å²) in [5.41, 5.74) is 8.30. The summed E-state index contributed by atoms with van der Waals surface area (Å²) in [7, 11) is 3.39. The van der Waals surface area contributed by atoms with Crippen LogP contribution in [0.25, 0.3) is 32.7 Å². The van der Waals surface area contributed by atoms with Crippen molar-refractivity contribution in [2.24, 2.45) is 9.98 Å². The fourth-order valence-corrected chi connectivity index (χ4v) is 5.40. The van der Waals surface area contributed by atoms with E-state index in [1.807, 2.05) is 48.8 Å². The van der Waals surface area contributed by atoms with Gasteiger partial charge in [0.1, 0.15) is 11.5 Å². The van der Waals surface area contributed by atoms with Crippen LogP contribution >= 0.6 is 0 Å². The first-order chi connectivity index (χ1) is 20.6. The molecule has 6 aromatic carbocycles. The average molecular weight is 549 g/mol. The minimum Gasteiger partial charge on any atom is -0.496 e. The Morgan fingerprint density at radius 3 is 1.33 bits per heavy atom. The quantitative estimate of drug-likeness (QED) is 0.186. The summed E-state index contributed by atoms with van der Waals surface area (Å²) in [5, 5.41) is 4.55. The van der Waals surface area contributed by atoms with Gasteiger partial charge in [-0.15, -0.1) is 0 Å². The number of ether oxygens (including phenoxy) is 2. The normalized spacial score (nSPS) is 11.6. The Morgan fingerprint density at radius 2 is 0.929 bits per heavy atom. The van der Waals surface area contributed by atoms with Crippen LogP contribution in [-0.2, 0) is 0 Å². The van der Waals surface area contributed by atoms with Crippen LogP contribution in [0.1, 0.15) is 22.3 Å². The lowest BCUT2D eigenvalue weighted by Crippen LogP contribution is -1.93. The van der Waals surface area contributed by atoms with Crippen LogP contribution < -0.4 is 9.47 Å². The Hall–Kier alpha value is -5.22. The Kier molecular flexibility index (Phi) is 7.52. The standard InChI is InChI=1S/C38H32N2O2/c1-25-21-29(13-17-35(25)39-23-33-31-11-7-5-9-27(31)15-19-37(33)41-3)30-14-18-36(26(2)22-30)40-24-34-32-12-8-6-10-28(32)16-20-38(34)42-4/h5-24H,1-4H3. The molecule has 0 saturated carbocycles. The number of aliphatic imine (C=N–C) groups is 2. The molecule has 0 spiro atoms. The second-order valence-electron chi connectivity index (χ2n) is 10.3. The molecule has 0 fully saturated rings. The van der Waals surface area contributed by atoms with Gasteiger partial charge in [-0.1, -0.05) is 72.8 Å². The molecule has 0 aliphatic heterocycles. The van der Waals surface area contributed by atoms with E-state index >= 15 is 0 Å². The monoisotopic (exact) mass is 548 g/mol. The molecular formula is C38H32N2O2. The molecule has 4 nitrogen and oxygen atoms in total. The molecule has 0 saturated heterocycles. The van der Waals surface area contributed by atoms with Gasteiger partial charge in [0.05, 0.1) is 25.6 Å². The highest BCUT2D eigenvalue weighted by atomic mass is 16.5. The van der Waals surface area contributed by atoms with Crippen LogP contribution in [0.2, 0.25) is 0 Å². The van der Waals surface area contributed by atoms with Gasteiger partial charge in [0.25, 0.3) is 0 Å². The van der Waals surface area contributed by atoms with E-state index in [4.69, 9.17) is 19.5 Å². The van der Waals surface area contributed by atoms with Gasteiger partial charge in [-0.2, -0.15) is 0 Å². The summed E-state index contributed by atoms with van der Waals surface area (Å²) in [5.74, 6) is 1.62. The first-order valence-electron chi connectivity index (χ1n) is 14.0. The van der Waals surface area contributed by atoms with E-state index in [1.165, 1.54) is 0 Å². The van der Waals surface area contributed by atoms with Crippen molar-refractivity contribution < 1.29 is 9.47 Å². The SMILES string of the molecule is COc1ccc2ccccc2c1C=Nc1ccc(-c2ccc(N=Cc3c(OC)ccc4ccccc34)c(C)c2)cc1C. The molecule has 0 amide bonds. The second kappa shape index (κ2) is 11.7. The van der Waals surface area contributed by atoms with Crippen molar-refractivity contribution in [1.29, 1.82) is 0 Å². The van der Waals surface area contributed by atoms with Gasteiger partial charge < -0.3 is 9.47 Å². The molecule has 206 valence electrons. The Balaban J connectivity index is 1.27. The molecule has 0 N–H and O–H groups in total. The number of methoxy groups -OCH3 is 2. The largest absolute Gasteiger partial charge is 0.496 e. The third kappa shape index (κ3) is 5.27. The highest BCUT2D eigenvalue weighted by Gasteiger charge is 2.09. The minimum atomic E-state index is 0.809. The lowest BCUT2D eigenvalue weighted by molar-refractivity contribution is 0.414. The predicted octanol–water partition coefficient (Wildman–Crippen LogP) is 9.80. The van der Waals surface area contributed by atoms with Crippen LogP contribution in [-0.4, -0.2) is 26.6 Å². The van der Waals surface area contributed by atoms with Gasteiger partial charge in [0.2, 0.25) is 0 Å². The molecule has 0 aromatic heterocycles. The van der Waals surface area contributed by atoms with E-state index in [2.05, 4.69) is 86.6 Å². The molecular weight excluding hydrogens is 516 g/mol. The number of rotatable bonds is 7. The van der Waals surface area contributed by atoms with Gasteiger partial charge in [-0.05, 0) is 94.0 Å². The maximum Gasteiger partial charge on any atom is 0.128 e. The zero-order chi connectivity index (χ0) is 29.1. The van der Waals surface area contributed by atoms with Gasteiger partial charge in [0.15, 0.2) is 0 Å². The van der Waals surface area contributed by atoms with Crippen LogP contribution in [0.4, 0.5) is 11.4 Å². The van der Waals surface area contributed by atoms with Gasteiger partial charge in [-0.3, -0.25) is 9.98 Å². The van der Waals surface area contributed by atoms with E-state index in [0.717, 1.165) is 77.8 Å². The first-order valence-corrected chi connectivity index (χ1v) is 14.0. The number of aryl methyl sites for hydroxylation is 2. The summed E-state index contributed by atoms with van der Waals surface area (Å²) in [6.45, 7) is 4.19. The first kappa shape index (κ1) is 27.0. The van der Waals surface area contributed by atoms with Crippen molar-refractivity contribution in [2.75, 3.05) is 14.2 Å². The summed E-state index contributed by atoms with van der Waals surface area (Å²) in [4.78, 5) is 9.71. The van der Waals surface area contributed by atoms with E-state index in [1.54, 1.807) is 14.2 Å². The van der Waals surface area contributed by atoms with Crippen molar-refractivity contribution >= 4 is 45.3 Å². The molecule has 0 aliphatic carbocycles. The second-order valence-corrected chi connectivity index (χ2v) is 10.3. The molecule has 0 heterocycles. The Bertz CT molecular complexity index is 1840. The summed E-state index contributed by atoms with van der Waals surface area (Å²) < 4.78 is 11.3. The molecule has 42 heavy (non-hydrogen) atoms. The Morgan fingerprint density at radius 1 is 0.500 bits per heavy atom. The van der Waals surface area contributed by atoms with Crippen LogP contribution in [0.3, 0.4) is 0 Å². The molecule has 6 aromatic rings. The zero-order valence-corrected chi connectivity index (χ0v) is 24.3. The predicted molar refractivity (Wildman–Crippen MR) is 177 cm³/mol. The lowest BCUT2D eigenvalue weighted by atomic mass is 10.00. The van der Waals surface area contributed by atoms with Gasteiger partial charge >= 0.3 is 0 Å². The van der Waals surface area contributed by atoms with E-state index in [-0.39, 0.29) is 0 Å². The number of hydrogen-bond donors (Lipinski definition) is 0. The van der Waals surface area contributed by atoms with E-state index < -0.39 is 0 Å². The topological polar surface area (TPSA) is 43.2 Å². The maximum atomic E-state index is 5.64. The summed E-state index contributed by atoms with van der Waals surface area (Å²) >= 11 is 0. The molecule has 0 bridgehead atoms. The van der Waals surface area contributed by atoms with Crippen molar-refractivity contribution in [3.05, 3.63) is 131 Å². The van der Waals surface area contributed by atoms with Crippen LogP contribution in [0.15, 0.2) is 119 Å². The number of benzene rings is 6. The van der Waals surface area contributed by atoms with Crippen LogP contribution in [0, 0.1) is 13.8 Å². The number of nitrogens with zero attached hydrogens (tertiary/aromatic N) is 2. The fraction of sp³-hybridized carbons (Fsp3) is 0.105.